The van der Waals surface area contributed by atoms with Crippen LogP contribution in [0.2, 0.25) is 0 Å². The van der Waals surface area contributed by atoms with E-state index in [4.69, 9.17) is 9.84 Å². The Kier molecular flexibility index (Phi) is 13.5. The predicted molar refractivity (Wildman–Crippen MR) is 93.3 cm³/mol. The summed E-state index contributed by atoms with van der Waals surface area (Å²) < 4.78 is 5.21. The normalized spacial score (nSPS) is 13.9. The highest BCUT2D eigenvalue weighted by molar-refractivity contribution is 5.90. The first-order chi connectivity index (χ1) is 11.0. The summed E-state index contributed by atoms with van der Waals surface area (Å²) in [6, 6.07) is 0. The number of esters is 1. The molecule has 0 aromatic carbocycles. The molecule has 4 heteroatoms. The van der Waals surface area contributed by atoms with Gasteiger partial charge in [0.15, 0.2) is 0 Å². The van der Waals surface area contributed by atoms with E-state index < -0.39 is 11.9 Å². The van der Waals surface area contributed by atoms with E-state index in [-0.39, 0.29) is 6.10 Å². The van der Waals surface area contributed by atoms with Crippen molar-refractivity contribution in [1.82, 2.24) is 0 Å². The summed E-state index contributed by atoms with van der Waals surface area (Å²) in [6.07, 6.45) is 14.3. The summed E-state index contributed by atoms with van der Waals surface area (Å²) in [6.45, 7) is 6.18. The van der Waals surface area contributed by atoms with Gasteiger partial charge < -0.3 is 9.84 Å². The maximum Gasteiger partial charge on any atom is 0.331 e. The minimum atomic E-state index is -1.14. The molecule has 0 saturated heterocycles. The van der Waals surface area contributed by atoms with Crippen LogP contribution in [0.15, 0.2) is 12.2 Å². The molecule has 23 heavy (non-hydrogen) atoms. The third-order valence-electron chi connectivity index (χ3n) is 4.23. The van der Waals surface area contributed by atoms with Gasteiger partial charge in [0.25, 0.3) is 0 Å². The molecule has 2 unspecified atom stereocenters. The lowest BCUT2D eigenvalue weighted by atomic mass is 9.97. The van der Waals surface area contributed by atoms with Gasteiger partial charge in [-0.15, -0.1) is 0 Å². The van der Waals surface area contributed by atoms with E-state index in [1.54, 1.807) is 0 Å². The van der Waals surface area contributed by atoms with Crippen LogP contribution in [-0.2, 0) is 14.3 Å². The number of rotatable bonds is 14. The highest BCUT2D eigenvalue weighted by Crippen LogP contribution is 2.17. The highest BCUT2D eigenvalue weighted by atomic mass is 16.5. The van der Waals surface area contributed by atoms with Crippen LogP contribution in [0.1, 0.15) is 85.0 Å². The molecular weight excluding hydrogens is 292 g/mol. The van der Waals surface area contributed by atoms with Crippen LogP contribution in [0.25, 0.3) is 0 Å². The van der Waals surface area contributed by atoms with E-state index >= 15 is 0 Å². The lowest BCUT2D eigenvalue weighted by Crippen LogP contribution is -2.21. The van der Waals surface area contributed by atoms with Gasteiger partial charge in [0.1, 0.15) is 6.10 Å². The number of carboxylic acid groups (broad SMARTS) is 1. The molecule has 0 aromatic rings. The Balaban J connectivity index is 3.63. The maximum atomic E-state index is 11.4. The zero-order valence-electron chi connectivity index (χ0n) is 15.1. The van der Waals surface area contributed by atoms with Crippen molar-refractivity contribution in [3.63, 3.8) is 0 Å². The summed E-state index contributed by atoms with van der Waals surface area (Å²) in [4.78, 5) is 21.7. The summed E-state index contributed by atoms with van der Waals surface area (Å²) in [7, 11) is 0. The van der Waals surface area contributed by atoms with Crippen molar-refractivity contribution in [2.24, 2.45) is 5.92 Å². The van der Waals surface area contributed by atoms with Crippen molar-refractivity contribution < 1.29 is 19.4 Å². The van der Waals surface area contributed by atoms with Gasteiger partial charge in [-0.25, -0.2) is 9.59 Å². The van der Waals surface area contributed by atoms with Crippen molar-refractivity contribution in [2.75, 3.05) is 0 Å². The van der Waals surface area contributed by atoms with E-state index in [1.807, 2.05) is 6.92 Å². The summed E-state index contributed by atoms with van der Waals surface area (Å²) in [5.74, 6) is -1.43. The second kappa shape index (κ2) is 14.3. The van der Waals surface area contributed by atoms with Crippen LogP contribution in [0.4, 0.5) is 0 Å². The molecule has 0 amide bonds. The number of ether oxygens (including phenoxy) is 1. The molecule has 0 aromatic heterocycles. The topological polar surface area (TPSA) is 63.6 Å². The van der Waals surface area contributed by atoms with Crippen molar-refractivity contribution in [3.8, 4) is 0 Å². The largest absolute Gasteiger partial charge is 0.478 e. The molecule has 0 radical (unpaired) electrons. The monoisotopic (exact) mass is 326 g/mol. The predicted octanol–water partition coefficient (Wildman–Crippen LogP) is 5.12. The Hall–Kier alpha value is -1.32. The molecule has 0 aliphatic carbocycles. The maximum absolute atomic E-state index is 11.4. The summed E-state index contributed by atoms with van der Waals surface area (Å²) in [5.41, 5.74) is 0. The Labute approximate surface area is 141 Å². The first kappa shape index (κ1) is 21.7. The van der Waals surface area contributed by atoms with Crippen LogP contribution >= 0.6 is 0 Å². The molecule has 0 saturated carbocycles. The van der Waals surface area contributed by atoms with E-state index in [1.165, 1.54) is 51.4 Å². The van der Waals surface area contributed by atoms with Crippen molar-refractivity contribution in [2.45, 2.75) is 91.1 Å². The van der Waals surface area contributed by atoms with Gasteiger partial charge in [0.2, 0.25) is 0 Å². The number of hydrogen-bond donors (Lipinski definition) is 1. The fourth-order valence-electron chi connectivity index (χ4n) is 2.49. The van der Waals surface area contributed by atoms with Crippen molar-refractivity contribution in [3.05, 3.63) is 12.2 Å². The van der Waals surface area contributed by atoms with Crippen LogP contribution in [0.5, 0.6) is 0 Å². The standard InChI is InChI=1S/C19H34O4/c1-4-5-6-7-8-9-10-11-12-13-16(2)17(3)23-19(22)15-14-18(20)21/h14-17H,4-13H2,1-3H3,(H,20,21)/b15-14-. The van der Waals surface area contributed by atoms with E-state index in [9.17, 15) is 9.59 Å². The van der Waals surface area contributed by atoms with E-state index in [0.29, 0.717) is 5.92 Å². The van der Waals surface area contributed by atoms with E-state index in [0.717, 1.165) is 25.0 Å². The first-order valence-corrected chi connectivity index (χ1v) is 9.09. The van der Waals surface area contributed by atoms with Gasteiger partial charge in [0.05, 0.1) is 0 Å². The van der Waals surface area contributed by atoms with Gasteiger partial charge in [-0.2, -0.15) is 0 Å². The molecule has 4 nitrogen and oxygen atoms in total. The Morgan fingerprint density at radius 3 is 1.96 bits per heavy atom. The summed E-state index contributed by atoms with van der Waals surface area (Å²) >= 11 is 0. The number of carbonyl (C=O) groups excluding carboxylic acids is 1. The Morgan fingerprint density at radius 1 is 0.913 bits per heavy atom. The molecular formula is C19H34O4. The fraction of sp³-hybridized carbons (Fsp3) is 0.789. The number of carbonyl (C=O) groups is 2. The second-order valence-electron chi connectivity index (χ2n) is 6.41. The number of carboxylic acids is 1. The van der Waals surface area contributed by atoms with E-state index in [2.05, 4.69) is 13.8 Å². The minimum Gasteiger partial charge on any atom is -0.478 e. The first-order valence-electron chi connectivity index (χ1n) is 9.09. The Morgan fingerprint density at radius 2 is 1.43 bits per heavy atom. The van der Waals surface area contributed by atoms with Gasteiger partial charge >= 0.3 is 11.9 Å². The Bertz CT molecular complexity index is 349. The van der Waals surface area contributed by atoms with Gasteiger partial charge in [-0.1, -0.05) is 71.6 Å². The molecule has 0 aliphatic rings. The molecule has 0 fully saturated rings. The van der Waals surface area contributed by atoms with Crippen molar-refractivity contribution in [1.29, 1.82) is 0 Å². The quantitative estimate of drug-likeness (QED) is 0.273. The molecule has 0 rings (SSSR count). The molecule has 0 aliphatic heterocycles. The van der Waals surface area contributed by atoms with Crippen molar-refractivity contribution >= 4 is 11.9 Å². The number of aliphatic carboxylic acids is 1. The average molecular weight is 326 g/mol. The van der Waals surface area contributed by atoms with Gasteiger partial charge in [-0.05, 0) is 19.3 Å². The molecule has 2 atom stereocenters. The lowest BCUT2D eigenvalue weighted by molar-refractivity contribution is -0.145. The number of unbranched alkanes of at least 4 members (excludes halogenated alkanes) is 8. The molecule has 0 bridgehead atoms. The fourth-order valence-corrected chi connectivity index (χ4v) is 2.49. The van der Waals surface area contributed by atoms with Crippen LogP contribution in [0, 0.1) is 5.92 Å². The van der Waals surface area contributed by atoms with Gasteiger partial charge in [0, 0.05) is 12.2 Å². The van der Waals surface area contributed by atoms with Gasteiger partial charge in [-0.3, -0.25) is 0 Å². The number of hydrogen-bond acceptors (Lipinski definition) is 3. The molecule has 1 N–H and O–H groups in total. The highest BCUT2D eigenvalue weighted by Gasteiger charge is 2.15. The molecule has 0 spiro atoms. The lowest BCUT2D eigenvalue weighted by Gasteiger charge is -2.19. The SMILES string of the molecule is CCCCCCCCCCCC(C)C(C)OC(=O)/C=C\C(=O)O. The van der Waals surface area contributed by atoms with Crippen LogP contribution in [-0.4, -0.2) is 23.1 Å². The third-order valence-corrected chi connectivity index (χ3v) is 4.23. The minimum absolute atomic E-state index is 0.185. The second-order valence-corrected chi connectivity index (χ2v) is 6.41. The van der Waals surface area contributed by atoms with Crippen LogP contribution in [0.3, 0.4) is 0 Å². The zero-order valence-corrected chi connectivity index (χ0v) is 15.1. The molecule has 0 heterocycles. The smallest absolute Gasteiger partial charge is 0.331 e. The summed E-state index contributed by atoms with van der Waals surface area (Å²) in [5, 5.41) is 8.46. The van der Waals surface area contributed by atoms with Crippen LogP contribution < -0.4 is 0 Å². The molecule has 134 valence electrons. The zero-order chi connectivity index (χ0) is 17.5. The third kappa shape index (κ3) is 14.0. The average Bonchev–Trinajstić information content (AvgIpc) is 2.51.